The van der Waals surface area contributed by atoms with Gasteiger partial charge < -0.3 is 5.11 Å². The average molecular weight is 322 g/mol. The fraction of sp³-hybridized carbons (Fsp3) is 0.900. The molecule has 1 N–H and O–H groups in total. The average Bonchev–Trinajstić information content (AvgIpc) is 2.51. The van der Waals surface area contributed by atoms with Crippen LogP contribution in [0.1, 0.15) is 103 Å². The Morgan fingerprint density at radius 2 is 1.30 bits per heavy atom. The second-order valence-electron chi connectivity index (χ2n) is 7.51. The summed E-state index contributed by atoms with van der Waals surface area (Å²) in [7, 11) is 0. The molecular formula is C20H35NO2. The van der Waals surface area contributed by atoms with Crippen LogP contribution in [0.4, 0.5) is 0 Å². The molecule has 2 aliphatic rings. The van der Waals surface area contributed by atoms with Crippen molar-refractivity contribution in [2.24, 2.45) is 4.99 Å². The normalized spacial score (nSPS) is 31.7. The lowest BCUT2D eigenvalue weighted by Gasteiger charge is -2.23. The molecule has 2 fully saturated rings. The van der Waals surface area contributed by atoms with Crippen molar-refractivity contribution in [3.63, 3.8) is 0 Å². The third kappa shape index (κ3) is 7.60. The van der Waals surface area contributed by atoms with E-state index in [2.05, 4.69) is 0 Å². The van der Waals surface area contributed by atoms with Crippen molar-refractivity contribution >= 4 is 11.5 Å². The molecule has 132 valence electrons. The van der Waals surface area contributed by atoms with E-state index in [1.165, 1.54) is 44.9 Å². The van der Waals surface area contributed by atoms with Gasteiger partial charge in [0, 0.05) is 18.6 Å². The van der Waals surface area contributed by atoms with Crippen LogP contribution in [-0.2, 0) is 4.79 Å². The van der Waals surface area contributed by atoms with Crippen LogP contribution in [0.5, 0.6) is 0 Å². The van der Waals surface area contributed by atoms with Crippen molar-refractivity contribution in [3.8, 4) is 0 Å². The van der Waals surface area contributed by atoms with E-state index in [0.29, 0.717) is 18.6 Å². The van der Waals surface area contributed by atoms with Gasteiger partial charge in [0.15, 0.2) is 0 Å². The first-order valence-electron chi connectivity index (χ1n) is 10.0. The smallest absolute Gasteiger partial charge is 0.138 e. The molecule has 0 aliphatic heterocycles. The first kappa shape index (κ1) is 18.6. The molecule has 2 saturated carbocycles. The Bertz CT molecular complexity index is 378. The zero-order valence-corrected chi connectivity index (χ0v) is 14.8. The Hall–Kier alpha value is -0.700. The quantitative estimate of drug-likeness (QED) is 0.739. The number of aliphatic imine (C=N–C) groups is 1. The third-order valence-electron chi connectivity index (χ3n) is 5.36. The predicted molar refractivity (Wildman–Crippen MR) is 96.1 cm³/mol. The van der Waals surface area contributed by atoms with Crippen LogP contribution >= 0.6 is 0 Å². The molecule has 0 bridgehead atoms. The van der Waals surface area contributed by atoms with Crippen LogP contribution in [0.3, 0.4) is 0 Å². The van der Waals surface area contributed by atoms with Gasteiger partial charge in [-0.05, 0) is 32.1 Å². The second-order valence-corrected chi connectivity index (χ2v) is 7.51. The van der Waals surface area contributed by atoms with E-state index in [1.807, 2.05) is 0 Å². The summed E-state index contributed by atoms with van der Waals surface area (Å²) in [5, 5.41) is 10.4. The van der Waals surface area contributed by atoms with Crippen molar-refractivity contribution in [1.29, 1.82) is 0 Å². The van der Waals surface area contributed by atoms with E-state index in [1.54, 1.807) is 0 Å². The summed E-state index contributed by atoms with van der Waals surface area (Å²) in [5.41, 5.74) is 1.07. The Morgan fingerprint density at radius 3 is 2.04 bits per heavy atom. The molecule has 3 nitrogen and oxygen atoms in total. The zero-order valence-electron chi connectivity index (χ0n) is 14.8. The Labute approximate surface area is 142 Å². The highest BCUT2D eigenvalue weighted by Crippen LogP contribution is 2.22. The van der Waals surface area contributed by atoms with Crippen LogP contribution in [-0.4, -0.2) is 28.7 Å². The summed E-state index contributed by atoms with van der Waals surface area (Å²) in [6, 6.07) is 0.0333. The lowest BCUT2D eigenvalue weighted by molar-refractivity contribution is -0.118. The summed E-state index contributed by atoms with van der Waals surface area (Å²) in [4.78, 5) is 17.1. The number of carbonyl (C=O) groups is 1. The number of aliphatic hydroxyl groups is 1. The minimum Gasteiger partial charge on any atom is -0.391 e. The number of carbonyl (C=O) groups excluding carboxylic acids is 1. The lowest BCUT2D eigenvalue weighted by atomic mass is 9.93. The van der Waals surface area contributed by atoms with Crippen molar-refractivity contribution < 1.29 is 9.90 Å². The summed E-state index contributed by atoms with van der Waals surface area (Å²) >= 11 is 0. The number of hydrogen-bond acceptors (Lipinski definition) is 3. The van der Waals surface area contributed by atoms with Crippen LogP contribution in [0.15, 0.2) is 4.99 Å². The van der Waals surface area contributed by atoms with E-state index < -0.39 is 0 Å². The summed E-state index contributed by atoms with van der Waals surface area (Å²) in [6.07, 6.45) is 17.0. The van der Waals surface area contributed by atoms with Crippen LogP contribution in [0, 0.1) is 0 Å². The molecule has 0 saturated heterocycles. The first-order valence-corrected chi connectivity index (χ1v) is 10.0. The van der Waals surface area contributed by atoms with Crippen molar-refractivity contribution in [3.05, 3.63) is 0 Å². The van der Waals surface area contributed by atoms with Gasteiger partial charge in [-0.2, -0.15) is 0 Å². The SMILES string of the molecule is O=C1CCCCCCCCCC(=NC2CCCCCCC2O)C1. The summed E-state index contributed by atoms with van der Waals surface area (Å²) in [6.45, 7) is 0. The maximum atomic E-state index is 12.2. The predicted octanol–water partition coefficient (Wildman–Crippen LogP) is 4.99. The van der Waals surface area contributed by atoms with Crippen molar-refractivity contribution in [2.75, 3.05) is 0 Å². The zero-order chi connectivity index (χ0) is 16.3. The van der Waals surface area contributed by atoms with Crippen molar-refractivity contribution in [2.45, 2.75) is 115 Å². The molecule has 2 rings (SSSR count). The Kier molecular flexibility index (Phi) is 8.88. The second kappa shape index (κ2) is 11.0. The van der Waals surface area contributed by atoms with Crippen molar-refractivity contribution in [1.82, 2.24) is 0 Å². The van der Waals surface area contributed by atoms with Gasteiger partial charge in [-0.1, -0.05) is 57.8 Å². The van der Waals surface area contributed by atoms with Gasteiger partial charge >= 0.3 is 0 Å². The monoisotopic (exact) mass is 321 g/mol. The van der Waals surface area contributed by atoms with Gasteiger partial charge in [0.2, 0.25) is 0 Å². The van der Waals surface area contributed by atoms with Gasteiger partial charge in [-0.15, -0.1) is 0 Å². The third-order valence-corrected chi connectivity index (χ3v) is 5.36. The standard InChI is InChI=1S/C20H35NO2/c22-18-13-9-5-3-1-2-4-8-12-17(16-18)21-19-14-10-6-7-11-15-20(19)23/h19-20,23H,1-16H2. The molecule has 0 heterocycles. The number of ketones is 1. The topological polar surface area (TPSA) is 49.7 Å². The largest absolute Gasteiger partial charge is 0.391 e. The van der Waals surface area contributed by atoms with E-state index in [-0.39, 0.29) is 12.1 Å². The molecular weight excluding hydrogens is 286 g/mol. The van der Waals surface area contributed by atoms with Gasteiger partial charge in [0.05, 0.1) is 12.1 Å². The molecule has 0 aromatic heterocycles. The van der Waals surface area contributed by atoms with Crippen LogP contribution in [0.2, 0.25) is 0 Å². The highest BCUT2D eigenvalue weighted by molar-refractivity contribution is 6.02. The molecule has 0 amide bonds. The van der Waals surface area contributed by atoms with Crippen LogP contribution in [0.25, 0.3) is 0 Å². The fourth-order valence-corrected chi connectivity index (χ4v) is 3.88. The molecule has 0 aromatic carbocycles. The maximum absolute atomic E-state index is 12.2. The molecule has 23 heavy (non-hydrogen) atoms. The highest BCUT2D eigenvalue weighted by Gasteiger charge is 2.21. The van der Waals surface area contributed by atoms with E-state index in [4.69, 9.17) is 4.99 Å². The molecule has 0 aromatic rings. The number of hydrogen-bond donors (Lipinski definition) is 1. The minimum absolute atomic E-state index is 0.0333. The summed E-state index contributed by atoms with van der Waals surface area (Å²) in [5.74, 6) is 0.352. The Morgan fingerprint density at radius 1 is 0.739 bits per heavy atom. The highest BCUT2D eigenvalue weighted by atomic mass is 16.3. The molecule has 2 unspecified atom stereocenters. The van der Waals surface area contributed by atoms with Gasteiger partial charge in [-0.3, -0.25) is 9.79 Å². The number of rotatable bonds is 1. The number of nitrogens with zero attached hydrogens (tertiary/aromatic N) is 1. The fourth-order valence-electron chi connectivity index (χ4n) is 3.88. The van der Waals surface area contributed by atoms with Crippen LogP contribution < -0.4 is 0 Å². The lowest BCUT2D eigenvalue weighted by Crippen LogP contribution is -2.27. The van der Waals surface area contributed by atoms with E-state index in [9.17, 15) is 9.90 Å². The van der Waals surface area contributed by atoms with Gasteiger partial charge in [-0.25, -0.2) is 0 Å². The number of aliphatic hydroxyl groups excluding tert-OH is 1. The van der Waals surface area contributed by atoms with Gasteiger partial charge in [0.1, 0.15) is 5.78 Å². The molecule has 0 spiro atoms. The first-order chi connectivity index (χ1) is 11.3. The minimum atomic E-state index is -0.306. The molecule has 2 aliphatic carbocycles. The number of Topliss-reactive ketones (excluding diaryl/α,β-unsaturated/α-hetero) is 1. The molecule has 2 atom stereocenters. The summed E-state index contributed by atoms with van der Waals surface area (Å²) < 4.78 is 0. The van der Waals surface area contributed by atoms with E-state index in [0.717, 1.165) is 50.7 Å². The molecule has 0 radical (unpaired) electrons. The maximum Gasteiger partial charge on any atom is 0.138 e. The Balaban J connectivity index is 1.98. The van der Waals surface area contributed by atoms with Gasteiger partial charge in [0.25, 0.3) is 0 Å². The molecule has 3 heteroatoms. The van der Waals surface area contributed by atoms with E-state index >= 15 is 0 Å².